The van der Waals surface area contributed by atoms with Gasteiger partial charge < -0.3 is 19.4 Å². The van der Waals surface area contributed by atoms with E-state index < -0.39 is 0 Å². The third-order valence-electron chi connectivity index (χ3n) is 5.24. The molecular weight excluding hydrogens is 382 g/mol. The fourth-order valence-electron chi connectivity index (χ4n) is 3.32. The molecule has 1 saturated heterocycles. The molecule has 1 heterocycles. The van der Waals surface area contributed by atoms with Crippen LogP contribution in [0.2, 0.25) is 0 Å². The van der Waals surface area contributed by atoms with E-state index in [0.29, 0.717) is 36.5 Å². The average Bonchev–Trinajstić information content (AvgIpc) is 2.78. The van der Waals surface area contributed by atoms with Crippen LogP contribution in [0.4, 0.5) is 0 Å². The lowest BCUT2D eigenvalue weighted by molar-refractivity contribution is -0.896. The zero-order chi connectivity index (χ0) is 21.5. The summed E-state index contributed by atoms with van der Waals surface area (Å²) in [6, 6.07) is 15.9. The minimum Gasteiger partial charge on any atom is -0.484 e. The molecule has 0 saturated carbocycles. The number of piperazine rings is 1. The van der Waals surface area contributed by atoms with Gasteiger partial charge in [0, 0.05) is 25.2 Å². The number of hydrogen-bond acceptors (Lipinski definition) is 4. The van der Waals surface area contributed by atoms with E-state index in [1.54, 1.807) is 60.3 Å². The summed E-state index contributed by atoms with van der Waals surface area (Å²) in [7, 11) is 3.51. The molecule has 2 aromatic rings. The topological polar surface area (TPSA) is 71.4 Å². The van der Waals surface area contributed by atoms with E-state index in [0.717, 1.165) is 13.1 Å². The maximum Gasteiger partial charge on any atom is 0.277 e. The molecule has 0 aromatic heterocycles. The normalized spacial score (nSPS) is 14.3. The van der Waals surface area contributed by atoms with Crippen molar-refractivity contribution in [3.8, 4) is 5.75 Å². The van der Waals surface area contributed by atoms with Crippen molar-refractivity contribution in [2.75, 3.05) is 53.4 Å². The Balaban J connectivity index is 1.45. The minimum atomic E-state index is -0.0718. The van der Waals surface area contributed by atoms with E-state index in [4.69, 9.17) is 4.74 Å². The van der Waals surface area contributed by atoms with Gasteiger partial charge in [-0.3, -0.25) is 14.4 Å². The molecule has 0 radical (unpaired) electrons. The van der Waals surface area contributed by atoms with Crippen molar-refractivity contribution in [2.24, 2.45) is 0 Å². The summed E-state index contributed by atoms with van der Waals surface area (Å²) in [5.74, 6) is 0.528. The summed E-state index contributed by atoms with van der Waals surface area (Å²) in [6.45, 7) is 3.15. The van der Waals surface area contributed by atoms with Gasteiger partial charge in [0.05, 0.1) is 26.2 Å². The molecule has 1 aliphatic rings. The molecule has 1 aliphatic heterocycles. The summed E-state index contributed by atoms with van der Waals surface area (Å²) >= 11 is 0. The number of nitrogens with one attached hydrogen (secondary N) is 1. The fourth-order valence-corrected chi connectivity index (χ4v) is 3.32. The molecule has 1 fully saturated rings. The van der Waals surface area contributed by atoms with Gasteiger partial charge in [0.15, 0.2) is 18.9 Å². The van der Waals surface area contributed by atoms with Gasteiger partial charge in [0.1, 0.15) is 5.75 Å². The van der Waals surface area contributed by atoms with Crippen molar-refractivity contribution >= 4 is 17.6 Å². The second-order valence-electron chi connectivity index (χ2n) is 7.60. The third-order valence-corrected chi connectivity index (χ3v) is 5.24. The Morgan fingerprint density at radius 1 is 0.933 bits per heavy atom. The van der Waals surface area contributed by atoms with Crippen molar-refractivity contribution in [3.05, 3.63) is 65.7 Å². The van der Waals surface area contributed by atoms with Crippen LogP contribution in [-0.2, 0) is 9.59 Å². The third kappa shape index (κ3) is 5.67. The van der Waals surface area contributed by atoms with Crippen molar-refractivity contribution in [1.29, 1.82) is 0 Å². The van der Waals surface area contributed by atoms with Gasteiger partial charge >= 0.3 is 0 Å². The average molecular weight is 410 g/mol. The standard InChI is InChI=1S/C23H27N3O4/c1-24(2)21(27)16-25-12-14-26(15-13-25)22(28)17-30-20-10-8-19(9-11-20)23(29)18-6-4-3-5-7-18/h3-11H,12-17H2,1-2H3/p+1. The lowest BCUT2D eigenvalue weighted by Gasteiger charge is -2.32. The number of quaternary nitrogens is 1. The molecule has 0 aliphatic carbocycles. The molecule has 3 rings (SSSR count). The van der Waals surface area contributed by atoms with Crippen molar-refractivity contribution in [3.63, 3.8) is 0 Å². The van der Waals surface area contributed by atoms with Crippen LogP contribution < -0.4 is 9.64 Å². The highest BCUT2D eigenvalue weighted by atomic mass is 16.5. The molecule has 7 heteroatoms. The molecule has 0 atom stereocenters. The Morgan fingerprint density at radius 3 is 2.13 bits per heavy atom. The molecule has 0 unspecified atom stereocenters. The quantitative estimate of drug-likeness (QED) is 0.658. The van der Waals surface area contributed by atoms with Gasteiger partial charge in [-0.05, 0) is 24.3 Å². The van der Waals surface area contributed by atoms with Crippen LogP contribution in [0.3, 0.4) is 0 Å². The first-order valence-corrected chi connectivity index (χ1v) is 10.1. The molecule has 1 N–H and O–H groups in total. The highest BCUT2D eigenvalue weighted by molar-refractivity contribution is 6.08. The first kappa shape index (κ1) is 21.5. The van der Waals surface area contributed by atoms with Crippen LogP contribution in [0.25, 0.3) is 0 Å². The zero-order valence-corrected chi connectivity index (χ0v) is 17.5. The van der Waals surface area contributed by atoms with Crippen molar-refractivity contribution in [1.82, 2.24) is 9.80 Å². The zero-order valence-electron chi connectivity index (χ0n) is 17.5. The first-order chi connectivity index (χ1) is 14.4. The van der Waals surface area contributed by atoms with Crippen molar-refractivity contribution in [2.45, 2.75) is 0 Å². The molecule has 0 spiro atoms. The van der Waals surface area contributed by atoms with Crippen LogP contribution in [0.5, 0.6) is 5.75 Å². The number of ether oxygens (including phenoxy) is 1. The van der Waals surface area contributed by atoms with Gasteiger partial charge in [-0.1, -0.05) is 30.3 Å². The molecule has 7 nitrogen and oxygen atoms in total. The number of carbonyl (C=O) groups is 3. The largest absolute Gasteiger partial charge is 0.484 e. The highest BCUT2D eigenvalue weighted by Crippen LogP contribution is 2.15. The fraction of sp³-hybridized carbons (Fsp3) is 0.348. The predicted octanol–water partition coefficient (Wildman–Crippen LogP) is 0.112. The monoisotopic (exact) mass is 410 g/mol. The van der Waals surface area contributed by atoms with Crippen molar-refractivity contribution < 1.29 is 24.0 Å². The minimum absolute atomic E-state index is 0.0437. The maximum absolute atomic E-state index is 12.4. The summed E-state index contributed by atoms with van der Waals surface area (Å²) in [5, 5.41) is 0. The van der Waals surface area contributed by atoms with E-state index in [1.165, 1.54) is 4.90 Å². The van der Waals surface area contributed by atoms with Crippen LogP contribution in [0.1, 0.15) is 15.9 Å². The Kier molecular flexibility index (Phi) is 7.19. The molecule has 2 amide bonds. The number of rotatable bonds is 7. The summed E-state index contributed by atoms with van der Waals surface area (Å²) in [5.41, 5.74) is 1.21. The number of nitrogens with zero attached hydrogens (tertiary/aromatic N) is 2. The van der Waals surface area contributed by atoms with Crippen LogP contribution in [-0.4, -0.2) is 80.8 Å². The van der Waals surface area contributed by atoms with Gasteiger partial charge in [0.2, 0.25) is 0 Å². The Hall–Kier alpha value is -3.19. The van der Waals surface area contributed by atoms with E-state index in [-0.39, 0.29) is 24.2 Å². The lowest BCUT2D eigenvalue weighted by Crippen LogP contribution is -3.15. The van der Waals surface area contributed by atoms with E-state index in [2.05, 4.69) is 0 Å². The summed E-state index contributed by atoms with van der Waals surface area (Å²) in [4.78, 5) is 41.2. The number of benzene rings is 2. The van der Waals surface area contributed by atoms with Crippen LogP contribution in [0.15, 0.2) is 54.6 Å². The molecule has 0 bridgehead atoms. The van der Waals surface area contributed by atoms with Gasteiger partial charge in [-0.2, -0.15) is 0 Å². The SMILES string of the molecule is CN(C)C(=O)C[NH+]1CCN(C(=O)COc2ccc(C(=O)c3ccccc3)cc2)CC1. The Labute approximate surface area is 176 Å². The van der Waals surface area contributed by atoms with E-state index >= 15 is 0 Å². The molecule has 158 valence electrons. The van der Waals surface area contributed by atoms with E-state index in [9.17, 15) is 14.4 Å². The van der Waals surface area contributed by atoms with Gasteiger partial charge in [-0.25, -0.2) is 0 Å². The Morgan fingerprint density at radius 2 is 1.53 bits per heavy atom. The van der Waals surface area contributed by atoms with E-state index in [1.807, 2.05) is 18.2 Å². The number of likely N-dealkylation sites (N-methyl/N-ethyl adjacent to an activating group) is 1. The summed E-state index contributed by atoms with van der Waals surface area (Å²) in [6.07, 6.45) is 0. The van der Waals surface area contributed by atoms with Crippen LogP contribution in [0, 0.1) is 0 Å². The summed E-state index contributed by atoms with van der Waals surface area (Å²) < 4.78 is 5.61. The molecule has 2 aromatic carbocycles. The second-order valence-corrected chi connectivity index (χ2v) is 7.60. The second kappa shape index (κ2) is 10.0. The first-order valence-electron chi connectivity index (χ1n) is 10.1. The van der Waals surface area contributed by atoms with Gasteiger partial charge in [0.25, 0.3) is 11.8 Å². The molecule has 30 heavy (non-hydrogen) atoms. The smallest absolute Gasteiger partial charge is 0.277 e. The number of amides is 2. The maximum atomic E-state index is 12.4. The number of ketones is 1. The Bertz CT molecular complexity index is 873. The molecular formula is C23H28N3O4+. The van der Waals surface area contributed by atoms with Crippen LogP contribution >= 0.6 is 0 Å². The predicted molar refractivity (Wildman–Crippen MR) is 113 cm³/mol. The highest BCUT2D eigenvalue weighted by Gasteiger charge is 2.25. The number of carbonyl (C=O) groups excluding carboxylic acids is 3. The lowest BCUT2D eigenvalue weighted by atomic mass is 10.0. The number of hydrogen-bond donors (Lipinski definition) is 1. The van der Waals surface area contributed by atoms with Gasteiger partial charge in [-0.15, -0.1) is 0 Å².